The van der Waals surface area contributed by atoms with Crippen molar-refractivity contribution >= 4 is 34.1 Å². The Kier molecular flexibility index (Phi) is 7.54. The number of nitrogens with one attached hydrogen (secondary N) is 1. The summed E-state index contributed by atoms with van der Waals surface area (Å²) in [5.41, 5.74) is 3.07. The standard InChI is InChI=1S/C26H22N4O3S/c27-12-14-32-20-11-10-18(22(16-20)33-15-13-28)17-29-26-24(21-8-4-5-9-23(21)34-26)25(31)30-19-6-2-1-3-7-19/h1-3,6-7,10-11,16-17H,4-5,8-9,14-15H2,(H,30,31). The first kappa shape index (κ1) is 23.0. The summed E-state index contributed by atoms with van der Waals surface area (Å²) in [5, 5.41) is 21.3. The molecule has 3 aromatic rings. The average molecular weight is 471 g/mol. The first-order valence-corrected chi connectivity index (χ1v) is 11.7. The number of benzene rings is 2. The number of hydrogen-bond acceptors (Lipinski definition) is 7. The highest BCUT2D eigenvalue weighted by Crippen LogP contribution is 2.40. The molecule has 34 heavy (non-hydrogen) atoms. The Morgan fingerprint density at radius 2 is 1.82 bits per heavy atom. The zero-order chi connectivity index (χ0) is 23.8. The Balaban J connectivity index is 1.66. The molecule has 0 saturated carbocycles. The number of carbonyl (C=O) groups excluding carboxylic acids is 1. The Labute approximate surface area is 201 Å². The van der Waals surface area contributed by atoms with Gasteiger partial charge in [-0.1, -0.05) is 18.2 Å². The number of carbonyl (C=O) groups is 1. The molecule has 0 spiro atoms. The van der Waals surface area contributed by atoms with Crippen LogP contribution in [0.3, 0.4) is 0 Å². The van der Waals surface area contributed by atoms with E-state index in [4.69, 9.17) is 20.0 Å². The monoisotopic (exact) mass is 470 g/mol. The molecule has 0 unspecified atom stereocenters. The number of thiophene rings is 1. The lowest BCUT2D eigenvalue weighted by atomic mass is 9.95. The number of aliphatic imine (C=N–C) groups is 1. The summed E-state index contributed by atoms with van der Waals surface area (Å²) in [5.74, 6) is 0.706. The number of fused-ring (bicyclic) bond motifs is 1. The van der Waals surface area contributed by atoms with Crippen molar-refractivity contribution in [2.24, 2.45) is 4.99 Å². The van der Waals surface area contributed by atoms with Crippen LogP contribution in [0.1, 0.15) is 39.2 Å². The molecular weight excluding hydrogens is 448 g/mol. The third-order valence-electron chi connectivity index (χ3n) is 5.31. The summed E-state index contributed by atoms with van der Waals surface area (Å²) < 4.78 is 10.9. The highest BCUT2D eigenvalue weighted by molar-refractivity contribution is 7.16. The fourth-order valence-electron chi connectivity index (χ4n) is 3.78. The van der Waals surface area contributed by atoms with Gasteiger partial charge in [0.2, 0.25) is 0 Å². The summed E-state index contributed by atoms with van der Waals surface area (Å²) in [6, 6.07) is 18.3. The van der Waals surface area contributed by atoms with Gasteiger partial charge in [0, 0.05) is 28.4 Å². The van der Waals surface area contributed by atoms with Gasteiger partial charge in [-0.2, -0.15) is 10.5 Å². The van der Waals surface area contributed by atoms with Crippen LogP contribution in [-0.4, -0.2) is 25.3 Å². The van der Waals surface area contributed by atoms with Crippen LogP contribution in [0.5, 0.6) is 11.5 Å². The van der Waals surface area contributed by atoms with Crippen LogP contribution in [0.15, 0.2) is 53.5 Å². The van der Waals surface area contributed by atoms with Gasteiger partial charge >= 0.3 is 0 Å². The quantitative estimate of drug-likeness (QED) is 0.441. The maximum atomic E-state index is 13.3. The van der Waals surface area contributed by atoms with Crippen molar-refractivity contribution in [3.05, 3.63) is 70.1 Å². The van der Waals surface area contributed by atoms with E-state index in [1.54, 1.807) is 35.8 Å². The van der Waals surface area contributed by atoms with Gasteiger partial charge in [-0.05, 0) is 55.5 Å². The molecule has 7 nitrogen and oxygen atoms in total. The van der Waals surface area contributed by atoms with Crippen LogP contribution < -0.4 is 14.8 Å². The van der Waals surface area contributed by atoms with Crippen molar-refractivity contribution in [1.29, 1.82) is 10.5 Å². The molecule has 1 aromatic heterocycles. The first-order chi connectivity index (χ1) is 16.7. The third-order valence-corrected chi connectivity index (χ3v) is 6.51. The van der Waals surface area contributed by atoms with E-state index in [2.05, 4.69) is 10.3 Å². The van der Waals surface area contributed by atoms with Crippen LogP contribution in [-0.2, 0) is 12.8 Å². The molecule has 2 aromatic carbocycles. The molecule has 1 aliphatic carbocycles. The summed E-state index contributed by atoms with van der Waals surface area (Å²) in [4.78, 5) is 19.1. The fraction of sp³-hybridized carbons (Fsp3) is 0.231. The lowest BCUT2D eigenvalue weighted by Gasteiger charge is -2.12. The summed E-state index contributed by atoms with van der Waals surface area (Å²) in [6.07, 6.45) is 5.60. The molecule has 1 N–H and O–H groups in total. The van der Waals surface area contributed by atoms with Gasteiger partial charge < -0.3 is 14.8 Å². The van der Waals surface area contributed by atoms with Crippen LogP contribution in [0.25, 0.3) is 0 Å². The second-order valence-electron chi connectivity index (χ2n) is 7.56. The SMILES string of the molecule is N#CCOc1ccc(C=Nc2sc3c(c2C(=O)Nc2ccccc2)CCCC3)c(OCC#N)c1. The van der Waals surface area contributed by atoms with Gasteiger partial charge in [0.05, 0.1) is 5.56 Å². The summed E-state index contributed by atoms with van der Waals surface area (Å²) in [6.45, 7) is -0.230. The maximum absolute atomic E-state index is 13.3. The Bertz CT molecular complexity index is 1290. The van der Waals surface area contributed by atoms with E-state index in [1.165, 1.54) is 4.88 Å². The lowest BCUT2D eigenvalue weighted by Crippen LogP contribution is -2.14. The number of anilines is 1. The first-order valence-electron chi connectivity index (χ1n) is 10.9. The number of aryl methyl sites for hydroxylation is 1. The topological polar surface area (TPSA) is 108 Å². The minimum Gasteiger partial charge on any atom is -0.479 e. The van der Waals surface area contributed by atoms with Crippen molar-refractivity contribution in [3.8, 4) is 23.6 Å². The predicted octanol–water partition coefficient (Wildman–Crippen LogP) is 5.43. The molecule has 0 fully saturated rings. The lowest BCUT2D eigenvalue weighted by molar-refractivity contribution is 0.102. The van der Waals surface area contributed by atoms with Gasteiger partial charge in [-0.25, -0.2) is 4.99 Å². The highest BCUT2D eigenvalue weighted by Gasteiger charge is 2.25. The van der Waals surface area contributed by atoms with Crippen LogP contribution in [0, 0.1) is 22.7 Å². The van der Waals surface area contributed by atoms with Crippen LogP contribution in [0.2, 0.25) is 0 Å². The molecule has 1 amide bonds. The number of para-hydroxylation sites is 1. The van der Waals surface area contributed by atoms with Gasteiger partial charge in [0.25, 0.3) is 5.91 Å². The van der Waals surface area contributed by atoms with E-state index in [1.807, 2.05) is 42.5 Å². The zero-order valence-corrected chi connectivity index (χ0v) is 19.2. The van der Waals surface area contributed by atoms with E-state index in [9.17, 15) is 4.79 Å². The van der Waals surface area contributed by atoms with Crippen molar-refractivity contribution in [3.63, 3.8) is 0 Å². The van der Waals surface area contributed by atoms with Gasteiger partial charge in [0.1, 0.15) is 28.6 Å². The van der Waals surface area contributed by atoms with Crippen LogP contribution in [0.4, 0.5) is 10.7 Å². The predicted molar refractivity (Wildman–Crippen MR) is 131 cm³/mol. The molecule has 0 aliphatic heterocycles. The highest BCUT2D eigenvalue weighted by atomic mass is 32.1. The molecule has 1 aliphatic rings. The summed E-state index contributed by atoms with van der Waals surface area (Å²) in [7, 11) is 0. The number of nitriles is 2. The van der Waals surface area contributed by atoms with Gasteiger partial charge in [-0.15, -0.1) is 11.3 Å². The Hall–Kier alpha value is -4.14. The number of amides is 1. The number of ether oxygens (including phenoxy) is 2. The molecule has 0 radical (unpaired) electrons. The minimum absolute atomic E-state index is 0.0915. The van der Waals surface area contributed by atoms with Crippen LogP contribution >= 0.6 is 11.3 Å². The Morgan fingerprint density at radius 1 is 1.06 bits per heavy atom. The smallest absolute Gasteiger partial charge is 0.259 e. The Morgan fingerprint density at radius 3 is 2.62 bits per heavy atom. The molecule has 0 saturated heterocycles. The van der Waals surface area contributed by atoms with Crippen molar-refractivity contribution < 1.29 is 14.3 Å². The third kappa shape index (κ3) is 5.43. The second-order valence-corrected chi connectivity index (χ2v) is 8.65. The number of nitrogens with zero attached hydrogens (tertiary/aromatic N) is 3. The molecule has 0 atom stereocenters. The molecule has 8 heteroatoms. The van der Waals surface area contributed by atoms with E-state index < -0.39 is 0 Å². The van der Waals surface area contributed by atoms with E-state index >= 15 is 0 Å². The number of hydrogen-bond donors (Lipinski definition) is 1. The van der Waals surface area contributed by atoms with E-state index in [0.29, 0.717) is 27.6 Å². The van der Waals surface area contributed by atoms with Crippen molar-refractivity contribution in [1.82, 2.24) is 0 Å². The van der Waals surface area contributed by atoms with Gasteiger partial charge in [0.15, 0.2) is 13.2 Å². The van der Waals surface area contributed by atoms with Crippen molar-refractivity contribution in [2.45, 2.75) is 25.7 Å². The molecule has 0 bridgehead atoms. The molecule has 170 valence electrons. The molecule has 4 rings (SSSR count). The average Bonchev–Trinajstić information content (AvgIpc) is 3.24. The van der Waals surface area contributed by atoms with E-state index in [-0.39, 0.29) is 19.1 Å². The van der Waals surface area contributed by atoms with Gasteiger partial charge in [-0.3, -0.25) is 4.79 Å². The summed E-state index contributed by atoms with van der Waals surface area (Å²) >= 11 is 1.55. The molecular formula is C26H22N4O3S. The minimum atomic E-state index is -0.168. The second kappa shape index (κ2) is 11.1. The number of rotatable bonds is 8. The molecule has 1 heterocycles. The van der Waals surface area contributed by atoms with Crippen molar-refractivity contribution in [2.75, 3.05) is 18.5 Å². The fourth-order valence-corrected chi connectivity index (χ4v) is 5.01. The zero-order valence-electron chi connectivity index (χ0n) is 18.4. The largest absolute Gasteiger partial charge is 0.479 e. The maximum Gasteiger partial charge on any atom is 0.259 e. The normalized spacial score (nSPS) is 12.4. The van der Waals surface area contributed by atoms with E-state index in [0.717, 1.165) is 36.9 Å².